The van der Waals surface area contributed by atoms with Crippen LogP contribution in [-0.2, 0) is 23.0 Å². The van der Waals surface area contributed by atoms with Crippen LogP contribution in [0.2, 0.25) is 0 Å². The molecule has 0 radical (unpaired) electrons. The fourth-order valence-electron chi connectivity index (χ4n) is 4.14. The molecule has 166 valence electrons. The van der Waals surface area contributed by atoms with E-state index in [1.54, 1.807) is 43.4 Å². The maximum atomic E-state index is 12.8. The summed E-state index contributed by atoms with van der Waals surface area (Å²) in [5.41, 5.74) is 4.91. The summed E-state index contributed by atoms with van der Waals surface area (Å²) in [5.74, 6) is -0.112. The van der Waals surface area contributed by atoms with Gasteiger partial charge in [-0.1, -0.05) is 54.1 Å². The van der Waals surface area contributed by atoms with Gasteiger partial charge in [-0.15, -0.1) is 0 Å². The molecule has 0 spiro atoms. The molecule has 0 bridgehead atoms. The van der Waals surface area contributed by atoms with Crippen LogP contribution < -0.4 is 5.32 Å². The normalized spacial score (nSPS) is 15.9. The standard InChI is InChI=1S/C26H28N2O3S/c1-19-10-16-23(17-11-19)32(30,31)28(2)18-20-12-14-22(15-13-20)26(29)27-25-9-5-7-21-6-3-4-8-24(21)25/h3-4,6,8,10-17,25H,5,7,9,18H2,1-2H3,(H,27,29)/t25-/m1/s1. The molecular formula is C26H28N2O3S. The van der Waals surface area contributed by atoms with E-state index in [4.69, 9.17) is 0 Å². The van der Waals surface area contributed by atoms with Gasteiger partial charge in [0.1, 0.15) is 0 Å². The van der Waals surface area contributed by atoms with Gasteiger partial charge >= 0.3 is 0 Å². The minimum absolute atomic E-state index is 0.0258. The highest BCUT2D eigenvalue weighted by Gasteiger charge is 2.23. The molecule has 3 aromatic rings. The molecule has 0 saturated carbocycles. The van der Waals surface area contributed by atoms with Crippen molar-refractivity contribution >= 4 is 15.9 Å². The highest BCUT2D eigenvalue weighted by atomic mass is 32.2. The molecule has 0 heterocycles. The second kappa shape index (κ2) is 9.27. The van der Waals surface area contributed by atoms with Gasteiger partial charge in [-0.3, -0.25) is 4.79 Å². The van der Waals surface area contributed by atoms with E-state index in [1.165, 1.54) is 15.4 Å². The topological polar surface area (TPSA) is 66.5 Å². The Balaban J connectivity index is 1.42. The quantitative estimate of drug-likeness (QED) is 0.598. The Morgan fingerprint density at radius 1 is 1.00 bits per heavy atom. The second-order valence-corrected chi connectivity index (χ2v) is 10.4. The predicted octanol–water partition coefficient (Wildman–Crippen LogP) is 4.62. The third kappa shape index (κ3) is 4.76. The molecular weight excluding hydrogens is 420 g/mol. The molecule has 0 aromatic heterocycles. The van der Waals surface area contributed by atoms with Gasteiger partial charge in [0.05, 0.1) is 10.9 Å². The molecule has 1 amide bonds. The number of amides is 1. The minimum Gasteiger partial charge on any atom is -0.345 e. The van der Waals surface area contributed by atoms with Crippen LogP contribution in [0.1, 0.15) is 51.5 Å². The first-order chi connectivity index (χ1) is 15.3. The molecule has 0 aliphatic heterocycles. The van der Waals surface area contributed by atoms with Crippen molar-refractivity contribution in [2.24, 2.45) is 0 Å². The largest absolute Gasteiger partial charge is 0.345 e. The zero-order chi connectivity index (χ0) is 22.7. The SMILES string of the molecule is Cc1ccc(S(=O)(=O)N(C)Cc2ccc(C(=O)N[C@@H]3CCCc4ccccc43)cc2)cc1. The molecule has 3 aromatic carbocycles. The number of carbonyl (C=O) groups is 1. The van der Waals surface area contributed by atoms with Gasteiger partial charge in [-0.25, -0.2) is 8.42 Å². The lowest BCUT2D eigenvalue weighted by Crippen LogP contribution is -2.31. The Hall–Kier alpha value is -2.96. The van der Waals surface area contributed by atoms with Gasteiger partial charge in [-0.2, -0.15) is 4.31 Å². The molecule has 0 fully saturated rings. The van der Waals surface area contributed by atoms with Gasteiger partial charge in [0.2, 0.25) is 10.0 Å². The van der Waals surface area contributed by atoms with E-state index in [0.29, 0.717) is 5.56 Å². The van der Waals surface area contributed by atoms with Crippen molar-refractivity contribution < 1.29 is 13.2 Å². The van der Waals surface area contributed by atoms with E-state index >= 15 is 0 Å². The zero-order valence-corrected chi connectivity index (χ0v) is 19.2. The monoisotopic (exact) mass is 448 g/mol. The first-order valence-corrected chi connectivity index (χ1v) is 12.3. The number of rotatable bonds is 6. The molecule has 5 nitrogen and oxygen atoms in total. The summed E-state index contributed by atoms with van der Waals surface area (Å²) < 4.78 is 26.9. The van der Waals surface area contributed by atoms with Crippen molar-refractivity contribution in [2.45, 2.75) is 43.7 Å². The van der Waals surface area contributed by atoms with Crippen LogP contribution in [0, 0.1) is 6.92 Å². The first-order valence-electron chi connectivity index (χ1n) is 10.9. The van der Waals surface area contributed by atoms with Crippen molar-refractivity contribution in [3.8, 4) is 0 Å². The average molecular weight is 449 g/mol. The van der Waals surface area contributed by atoms with E-state index in [0.717, 1.165) is 30.4 Å². The van der Waals surface area contributed by atoms with E-state index in [-0.39, 0.29) is 23.4 Å². The molecule has 1 atom stereocenters. The van der Waals surface area contributed by atoms with Crippen LogP contribution in [0.25, 0.3) is 0 Å². The highest BCUT2D eigenvalue weighted by molar-refractivity contribution is 7.89. The summed E-state index contributed by atoms with van der Waals surface area (Å²) in [6, 6.07) is 22.3. The number of sulfonamides is 1. The molecule has 6 heteroatoms. The second-order valence-electron chi connectivity index (χ2n) is 8.39. The van der Waals surface area contributed by atoms with E-state index in [9.17, 15) is 13.2 Å². The number of hydrogen-bond donors (Lipinski definition) is 1. The molecule has 0 unspecified atom stereocenters. The summed E-state index contributed by atoms with van der Waals surface area (Å²) in [6.45, 7) is 2.15. The maximum absolute atomic E-state index is 12.8. The fourth-order valence-corrected chi connectivity index (χ4v) is 5.30. The number of hydrogen-bond acceptors (Lipinski definition) is 3. The van der Waals surface area contributed by atoms with Crippen molar-refractivity contribution in [1.29, 1.82) is 0 Å². The van der Waals surface area contributed by atoms with Crippen LogP contribution in [0.3, 0.4) is 0 Å². The van der Waals surface area contributed by atoms with E-state index in [2.05, 4.69) is 17.4 Å². The molecule has 32 heavy (non-hydrogen) atoms. The summed E-state index contributed by atoms with van der Waals surface area (Å²) in [5, 5.41) is 3.16. The third-order valence-corrected chi connectivity index (χ3v) is 7.84. The smallest absolute Gasteiger partial charge is 0.251 e. The van der Waals surface area contributed by atoms with Crippen molar-refractivity contribution in [2.75, 3.05) is 7.05 Å². The van der Waals surface area contributed by atoms with E-state index < -0.39 is 10.0 Å². The van der Waals surface area contributed by atoms with E-state index in [1.807, 2.05) is 31.2 Å². The van der Waals surface area contributed by atoms with Gasteiger partial charge in [0, 0.05) is 19.2 Å². The Labute approximate surface area is 190 Å². The van der Waals surface area contributed by atoms with Crippen LogP contribution in [0.5, 0.6) is 0 Å². The Kier molecular flexibility index (Phi) is 6.44. The zero-order valence-electron chi connectivity index (χ0n) is 18.4. The number of fused-ring (bicyclic) bond motifs is 1. The van der Waals surface area contributed by atoms with Crippen LogP contribution in [-0.4, -0.2) is 25.7 Å². The predicted molar refractivity (Wildman–Crippen MR) is 126 cm³/mol. The minimum atomic E-state index is -3.57. The lowest BCUT2D eigenvalue weighted by molar-refractivity contribution is 0.0932. The Morgan fingerprint density at radius 2 is 1.69 bits per heavy atom. The number of aryl methyl sites for hydroxylation is 2. The summed E-state index contributed by atoms with van der Waals surface area (Å²) in [6.07, 6.45) is 3.04. The lowest BCUT2D eigenvalue weighted by Gasteiger charge is -2.26. The number of nitrogens with one attached hydrogen (secondary N) is 1. The summed E-state index contributed by atoms with van der Waals surface area (Å²) in [4.78, 5) is 13.1. The van der Waals surface area contributed by atoms with Crippen molar-refractivity contribution in [3.63, 3.8) is 0 Å². The number of nitrogens with zero attached hydrogens (tertiary/aromatic N) is 1. The lowest BCUT2D eigenvalue weighted by atomic mass is 9.87. The van der Waals surface area contributed by atoms with Gasteiger partial charge in [0.15, 0.2) is 0 Å². The molecule has 4 rings (SSSR count). The highest BCUT2D eigenvalue weighted by Crippen LogP contribution is 2.29. The average Bonchev–Trinajstić information content (AvgIpc) is 2.80. The van der Waals surface area contributed by atoms with Crippen molar-refractivity contribution in [1.82, 2.24) is 9.62 Å². The van der Waals surface area contributed by atoms with Crippen molar-refractivity contribution in [3.05, 3.63) is 101 Å². The van der Waals surface area contributed by atoms with Crippen LogP contribution in [0.4, 0.5) is 0 Å². The Morgan fingerprint density at radius 3 is 2.41 bits per heavy atom. The maximum Gasteiger partial charge on any atom is 0.251 e. The van der Waals surface area contributed by atoms with Crippen LogP contribution >= 0.6 is 0 Å². The fraction of sp³-hybridized carbons (Fsp3) is 0.269. The third-order valence-electron chi connectivity index (χ3n) is 6.03. The molecule has 1 N–H and O–H groups in total. The summed E-state index contributed by atoms with van der Waals surface area (Å²) in [7, 11) is -2.01. The Bertz CT molecular complexity index is 1200. The van der Waals surface area contributed by atoms with Gasteiger partial charge in [-0.05, 0) is 67.1 Å². The van der Waals surface area contributed by atoms with Crippen LogP contribution in [0.15, 0.2) is 77.7 Å². The van der Waals surface area contributed by atoms with Gasteiger partial charge in [0.25, 0.3) is 5.91 Å². The first kappa shape index (κ1) is 22.2. The molecule has 1 aliphatic carbocycles. The number of carbonyl (C=O) groups excluding carboxylic acids is 1. The number of benzene rings is 3. The molecule has 0 saturated heterocycles. The molecule has 1 aliphatic rings. The van der Waals surface area contributed by atoms with Gasteiger partial charge < -0.3 is 5.32 Å². The summed E-state index contributed by atoms with van der Waals surface area (Å²) >= 11 is 0.